The van der Waals surface area contributed by atoms with Crippen LogP contribution >= 0.6 is 22.9 Å². The van der Waals surface area contributed by atoms with E-state index in [0.29, 0.717) is 0 Å². The Labute approximate surface area is 139 Å². The number of benzene rings is 1. The van der Waals surface area contributed by atoms with Gasteiger partial charge in [-0.15, -0.1) is 11.3 Å². The van der Waals surface area contributed by atoms with Gasteiger partial charge in [0, 0.05) is 34.7 Å². The molecule has 3 aromatic rings. The summed E-state index contributed by atoms with van der Waals surface area (Å²) in [4.78, 5) is 1.30. The van der Waals surface area contributed by atoms with Crippen molar-refractivity contribution >= 4 is 22.9 Å². The molecule has 0 saturated carbocycles. The van der Waals surface area contributed by atoms with Crippen LogP contribution in [0.3, 0.4) is 0 Å². The highest BCUT2D eigenvalue weighted by Crippen LogP contribution is 2.27. The lowest BCUT2D eigenvalue weighted by atomic mass is 10.0. The standard InChI is InChI=1S/C17H18ClN3S/c1-12-14(11-20-21(12)2)10-19-17(16-4-3-9-22-16)13-5-7-15(18)8-6-13/h3-9,11,17,19H,10H2,1-2H3/t17-/m0/s1. The second-order valence-electron chi connectivity index (χ2n) is 5.26. The molecule has 2 aromatic heterocycles. The molecule has 22 heavy (non-hydrogen) atoms. The summed E-state index contributed by atoms with van der Waals surface area (Å²) in [5, 5.41) is 10.8. The van der Waals surface area contributed by atoms with Crippen LogP contribution in [0.1, 0.15) is 27.7 Å². The third-order valence-corrected chi connectivity index (χ3v) is 5.05. The van der Waals surface area contributed by atoms with Crippen LogP contribution in [0, 0.1) is 6.92 Å². The van der Waals surface area contributed by atoms with Crippen molar-refractivity contribution in [1.82, 2.24) is 15.1 Å². The fourth-order valence-corrected chi connectivity index (χ4v) is 3.38. The number of nitrogens with one attached hydrogen (secondary N) is 1. The SMILES string of the molecule is Cc1c(CN[C@@H](c2ccc(Cl)cc2)c2cccs2)cnn1C. The molecular formula is C17H18ClN3S. The zero-order valence-electron chi connectivity index (χ0n) is 12.6. The van der Waals surface area contributed by atoms with Gasteiger partial charge in [-0.1, -0.05) is 29.8 Å². The molecule has 1 N–H and O–H groups in total. The number of hydrogen-bond donors (Lipinski definition) is 1. The quantitative estimate of drug-likeness (QED) is 0.754. The minimum Gasteiger partial charge on any atom is -0.301 e. The molecule has 0 amide bonds. The molecule has 1 aromatic carbocycles. The number of rotatable bonds is 5. The van der Waals surface area contributed by atoms with Crippen molar-refractivity contribution in [3.63, 3.8) is 0 Å². The summed E-state index contributed by atoms with van der Waals surface area (Å²) in [5.74, 6) is 0. The first-order valence-corrected chi connectivity index (χ1v) is 8.40. The summed E-state index contributed by atoms with van der Waals surface area (Å²) in [6.45, 7) is 2.87. The topological polar surface area (TPSA) is 29.9 Å². The molecule has 0 spiro atoms. The zero-order chi connectivity index (χ0) is 15.5. The lowest BCUT2D eigenvalue weighted by Gasteiger charge is -2.18. The van der Waals surface area contributed by atoms with E-state index in [-0.39, 0.29) is 6.04 Å². The third-order valence-electron chi connectivity index (χ3n) is 3.86. The van der Waals surface area contributed by atoms with Gasteiger partial charge in [0.15, 0.2) is 0 Å². The zero-order valence-corrected chi connectivity index (χ0v) is 14.2. The van der Waals surface area contributed by atoms with E-state index >= 15 is 0 Å². The summed E-state index contributed by atoms with van der Waals surface area (Å²) in [6.07, 6.45) is 1.93. The van der Waals surface area contributed by atoms with Crippen LogP contribution in [0.15, 0.2) is 48.0 Å². The van der Waals surface area contributed by atoms with Crippen LogP contribution in [0.2, 0.25) is 5.02 Å². The highest BCUT2D eigenvalue weighted by atomic mass is 35.5. The van der Waals surface area contributed by atoms with Gasteiger partial charge in [-0.25, -0.2) is 0 Å². The van der Waals surface area contributed by atoms with E-state index in [9.17, 15) is 0 Å². The number of hydrogen-bond acceptors (Lipinski definition) is 3. The number of halogens is 1. The smallest absolute Gasteiger partial charge is 0.0673 e. The van der Waals surface area contributed by atoms with E-state index in [1.807, 2.05) is 30.1 Å². The molecule has 5 heteroatoms. The molecule has 2 heterocycles. The molecule has 0 aliphatic rings. The Balaban J connectivity index is 1.83. The number of aromatic nitrogens is 2. The molecule has 3 nitrogen and oxygen atoms in total. The van der Waals surface area contributed by atoms with Crippen LogP contribution in [-0.4, -0.2) is 9.78 Å². The van der Waals surface area contributed by atoms with Crippen molar-refractivity contribution in [2.24, 2.45) is 7.05 Å². The largest absolute Gasteiger partial charge is 0.301 e. The molecule has 0 bridgehead atoms. The van der Waals surface area contributed by atoms with Crippen molar-refractivity contribution in [2.75, 3.05) is 0 Å². The van der Waals surface area contributed by atoms with Crippen LogP contribution in [0.5, 0.6) is 0 Å². The molecular weight excluding hydrogens is 314 g/mol. The van der Waals surface area contributed by atoms with Gasteiger partial charge in [-0.2, -0.15) is 5.10 Å². The Kier molecular flexibility index (Phi) is 4.62. The van der Waals surface area contributed by atoms with Crippen LogP contribution in [0.4, 0.5) is 0 Å². The minimum absolute atomic E-state index is 0.164. The summed E-state index contributed by atoms with van der Waals surface area (Å²) < 4.78 is 1.90. The van der Waals surface area contributed by atoms with E-state index in [4.69, 9.17) is 11.6 Å². The monoisotopic (exact) mass is 331 g/mol. The summed E-state index contributed by atoms with van der Waals surface area (Å²) >= 11 is 7.77. The van der Waals surface area contributed by atoms with Crippen LogP contribution in [0.25, 0.3) is 0 Å². The Bertz CT molecular complexity index is 732. The minimum atomic E-state index is 0.164. The Morgan fingerprint density at radius 2 is 2.05 bits per heavy atom. The first kappa shape index (κ1) is 15.3. The van der Waals surface area contributed by atoms with Gasteiger partial charge in [0.05, 0.1) is 12.2 Å². The third kappa shape index (κ3) is 3.24. The van der Waals surface area contributed by atoms with Gasteiger partial charge in [-0.05, 0) is 36.1 Å². The summed E-state index contributed by atoms with van der Waals surface area (Å²) in [6, 6.07) is 12.4. The Morgan fingerprint density at radius 1 is 1.27 bits per heavy atom. The van der Waals surface area contributed by atoms with E-state index in [0.717, 1.165) is 11.6 Å². The lowest BCUT2D eigenvalue weighted by Crippen LogP contribution is -2.21. The van der Waals surface area contributed by atoms with Gasteiger partial charge >= 0.3 is 0 Å². The maximum absolute atomic E-state index is 6.01. The normalized spacial score (nSPS) is 12.5. The van der Waals surface area contributed by atoms with Crippen LogP contribution < -0.4 is 5.32 Å². The average Bonchev–Trinajstić information content (AvgIpc) is 3.14. The molecule has 0 saturated heterocycles. The predicted octanol–water partition coefficient (Wildman–Crippen LogP) is 4.32. The fraction of sp³-hybridized carbons (Fsp3) is 0.235. The second-order valence-corrected chi connectivity index (χ2v) is 6.68. The van der Waals surface area contributed by atoms with Crippen molar-refractivity contribution < 1.29 is 0 Å². The Hall–Kier alpha value is -1.62. The lowest BCUT2D eigenvalue weighted by molar-refractivity contribution is 0.610. The van der Waals surface area contributed by atoms with E-state index in [1.165, 1.54) is 21.7 Å². The summed E-state index contributed by atoms with van der Waals surface area (Å²) in [5.41, 5.74) is 3.62. The first-order valence-electron chi connectivity index (χ1n) is 7.15. The highest BCUT2D eigenvalue weighted by Gasteiger charge is 2.15. The number of nitrogens with zero attached hydrogens (tertiary/aromatic N) is 2. The van der Waals surface area contributed by atoms with Crippen molar-refractivity contribution in [3.05, 3.63) is 74.7 Å². The van der Waals surface area contributed by atoms with E-state index in [2.05, 4.69) is 47.0 Å². The van der Waals surface area contributed by atoms with Crippen molar-refractivity contribution in [2.45, 2.75) is 19.5 Å². The molecule has 0 fully saturated rings. The molecule has 0 aliphatic carbocycles. The molecule has 1 atom stereocenters. The fourth-order valence-electron chi connectivity index (χ4n) is 2.42. The van der Waals surface area contributed by atoms with Crippen molar-refractivity contribution in [1.29, 1.82) is 0 Å². The van der Waals surface area contributed by atoms with Gasteiger partial charge in [-0.3, -0.25) is 4.68 Å². The second kappa shape index (κ2) is 6.65. The van der Waals surface area contributed by atoms with Gasteiger partial charge < -0.3 is 5.32 Å². The molecule has 0 aliphatic heterocycles. The van der Waals surface area contributed by atoms with Crippen molar-refractivity contribution in [3.8, 4) is 0 Å². The van der Waals surface area contributed by atoms with Gasteiger partial charge in [0.2, 0.25) is 0 Å². The maximum atomic E-state index is 6.01. The van der Waals surface area contributed by atoms with Gasteiger partial charge in [0.25, 0.3) is 0 Å². The predicted molar refractivity (Wildman–Crippen MR) is 92.4 cm³/mol. The number of thiophene rings is 1. The molecule has 3 rings (SSSR count). The number of aryl methyl sites for hydroxylation is 1. The van der Waals surface area contributed by atoms with E-state index in [1.54, 1.807) is 11.3 Å². The maximum Gasteiger partial charge on any atom is 0.0673 e. The van der Waals surface area contributed by atoms with Crippen LogP contribution in [-0.2, 0) is 13.6 Å². The Morgan fingerprint density at radius 3 is 2.64 bits per heavy atom. The summed E-state index contributed by atoms with van der Waals surface area (Å²) in [7, 11) is 1.97. The van der Waals surface area contributed by atoms with Gasteiger partial charge in [0.1, 0.15) is 0 Å². The molecule has 114 valence electrons. The first-order chi connectivity index (χ1) is 10.6. The molecule has 0 unspecified atom stereocenters. The van der Waals surface area contributed by atoms with E-state index < -0.39 is 0 Å². The molecule has 0 radical (unpaired) electrons. The average molecular weight is 332 g/mol. The highest BCUT2D eigenvalue weighted by molar-refractivity contribution is 7.10.